The second kappa shape index (κ2) is 4.69. The van der Waals surface area contributed by atoms with Crippen molar-refractivity contribution in [2.75, 3.05) is 25.7 Å². The van der Waals surface area contributed by atoms with Gasteiger partial charge >= 0.3 is 11.9 Å². The van der Waals surface area contributed by atoms with Gasteiger partial charge < -0.3 is 30.3 Å². The van der Waals surface area contributed by atoms with E-state index < -0.39 is 11.9 Å². The maximum absolute atomic E-state index is 11.8. The molecular weight excluding hydrogens is 290 g/mol. The zero-order chi connectivity index (χ0) is 16.0. The molecule has 0 radical (unpaired) electrons. The van der Waals surface area contributed by atoms with Gasteiger partial charge in [-0.1, -0.05) is 0 Å². The number of hydrogen-bond acceptors (Lipinski definition) is 7. The van der Waals surface area contributed by atoms with Gasteiger partial charge in [0.05, 0.1) is 14.2 Å². The van der Waals surface area contributed by atoms with Crippen molar-refractivity contribution in [3.63, 3.8) is 0 Å². The highest BCUT2D eigenvalue weighted by molar-refractivity contribution is 6.15. The Labute approximate surface area is 123 Å². The first-order valence-electron chi connectivity index (χ1n) is 6.27. The van der Waals surface area contributed by atoms with Crippen molar-refractivity contribution in [3.05, 3.63) is 23.3 Å². The number of nitrogens with two attached hydrogens (primary N) is 2. The fourth-order valence-corrected chi connectivity index (χ4v) is 2.46. The standard InChI is InChI=1S/C14H13N3O5/c1-20-13(18)9-5-4-8-6(3-7(5)17-11(9)15)10(12(16)22-8)14(19)21-2/h3-4,17H,15-16H2,1-2H3. The van der Waals surface area contributed by atoms with E-state index in [1.165, 1.54) is 14.2 Å². The molecule has 2 aromatic heterocycles. The third-order valence-corrected chi connectivity index (χ3v) is 3.44. The van der Waals surface area contributed by atoms with Crippen molar-refractivity contribution in [2.24, 2.45) is 0 Å². The lowest BCUT2D eigenvalue weighted by molar-refractivity contribution is 0.0594. The smallest absolute Gasteiger partial charge is 0.344 e. The number of furan rings is 1. The molecule has 3 aromatic rings. The number of aromatic nitrogens is 1. The van der Waals surface area contributed by atoms with Gasteiger partial charge in [0, 0.05) is 16.3 Å². The molecule has 0 spiro atoms. The number of carbonyl (C=O) groups excluding carboxylic acids is 2. The van der Waals surface area contributed by atoms with Gasteiger partial charge in [0.25, 0.3) is 0 Å². The SMILES string of the molecule is COC(=O)c1c(N)[nH]c2cc3c(C(=O)OC)c(N)oc3cc12. The first-order valence-corrected chi connectivity index (χ1v) is 6.27. The third-order valence-electron chi connectivity index (χ3n) is 3.44. The molecule has 0 unspecified atom stereocenters. The van der Waals surface area contributed by atoms with Crippen LogP contribution in [0.1, 0.15) is 20.7 Å². The molecule has 8 heteroatoms. The molecular formula is C14H13N3O5. The molecule has 114 valence electrons. The predicted molar refractivity (Wildman–Crippen MR) is 79.6 cm³/mol. The molecule has 0 aliphatic rings. The monoisotopic (exact) mass is 303 g/mol. The highest BCUT2D eigenvalue weighted by Crippen LogP contribution is 2.34. The molecule has 2 heterocycles. The summed E-state index contributed by atoms with van der Waals surface area (Å²) in [5, 5.41) is 0.983. The van der Waals surface area contributed by atoms with Gasteiger partial charge in [0.1, 0.15) is 22.5 Å². The van der Waals surface area contributed by atoms with Gasteiger partial charge in [-0.25, -0.2) is 9.59 Å². The lowest BCUT2D eigenvalue weighted by atomic mass is 10.1. The average Bonchev–Trinajstić information content (AvgIpc) is 2.98. The van der Waals surface area contributed by atoms with E-state index >= 15 is 0 Å². The Morgan fingerprint density at radius 1 is 1.05 bits per heavy atom. The van der Waals surface area contributed by atoms with Crippen LogP contribution < -0.4 is 11.5 Å². The van der Waals surface area contributed by atoms with E-state index in [4.69, 9.17) is 25.4 Å². The lowest BCUT2D eigenvalue weighted by Gasteiger charge is -1.99. The summed E-state index contributed by atoms with van der Waals surface area (Å²) in [5.41, 5.74) is 12.8. The molecule has 0 aliphatic heterocycles. The van der Waals surface area contributed by atoms with E-state index in [0.717, 1.165) is 0 Å². The van der Waals surface area contributed by atoms with Crippen LogP contribution in [0.5, 0.6) is 0 Å². The Bertz CT molecular complexity index is 845. The number of H-pyrrole nitrogens is 1. The number of fused-ring (bicyclic) bond motifs is 2. The zero-order valence-electron chi connectivity index (χ0n) is 11.9. The first kappa shape index (κ1) is 13.8. The van der Waals surface area contributed by atoms with Crippen LogP contribution in [0.4, 0.5) is 11.7 Å². The number of carbonyl (C=O) groups is 2. The Kier molecular flexibility index (Phi) is 2.94. The van der Waals surface area contributed by atoms with Crippen LogP contribution in [0.15, 0.2) is 16.5 Å². The van der Waals surface area contributed by atoms with E-state index in [2.05, 4.69) is 4.98 Å². The summed E-state index contributed by atoms with van der Waals surface area (Å²) < 4.78 is 14.8. The van der Waals surface area contributed by atoms with Crippen molar-refractivity contribution >= 4 is 45.5 Å². The molecule has 0 atom stereocenters. The number of aromatic amines is 1. The van der Waals surface area contributed by atoms with Crippen LogP contribution in [-0.2, 0) is 9.47 Å². The zero-order valence-corrected chi connectivity index (χ0v) is 11.9. The summed E-state index contributed by atoms with van der Waals surface area (Å²) in [6, 6.07) is 3.20. The highest BCUT2D eigenvalue weighted by atomic mass is 16.5. The molecule has 0 aliphatic carbocycles. The number of hydrogen-bond donors (Lipinski definition) is 3. The molecule has 3 rings (SSSR count). The van der Waals surface area contributed by atoms with Gasteiger partial charge in [0.2, 0.25) is 5.88 Å². The molecule has 5 N–H and O–H groups in total. The minimum absolute atomic E-state index is 0.0536. The second-order valence-corrected chi connectivity index (χ2v) is 4.63. The van der Waals surface area contributed by atoms with Crippen molar-refractivity contribution in [3.8, 4) is 0 Å². The number of esters is 2. The summed E-state index contributed by atoms with van der Waals surface area (Å²) in [6.07, 6.45) is 0. The van der Waals surface area contributed by atoms with Crippen molar-refractivity contribution < 1.29 is 23.5 Å². The van der Waals surface area contributed by atoms with E-state index in [1.54, 1.807) is 12.1 Å². The van der Waals surface area contributed by atoms with Gasteiger partial charge in [-0.05, 0) is 12.1 Å². The van der Waals surface area contributed by atoms with E-state index in [9.17, 15) is 9.59 Å². The number of nitrogen functional groups attached to an aromatic ring is 2. The maximum atomic E-state index is 11.8. The number of methoxy groups -OCH3 is 2. The molecule has 0 fully saturated rings. The van der Waals surface area contributed by atoms with Crippen LogP contribution in [0.3, 0.4) is 0 Å². The predicted octanol–water partition coefficient (Wildman–Crippen LogP) is 1.65. The minimum Gasteiger partial charge on any atom is -0.465 e. The van der Waals surface area contributed by atoms with Crippen molar-refractivity contribution in [1.82, 2.24) is 4.98 Å². The lowest BCUT2D eigenvalue weighted by Crippen LogP contribution is -2.03. The second-order valence-electron chi connectivity index (χ2n) is 4.63. The number of benzene rings is 1. The summed E-state index contributed by atoms with van der Waals surface area (Å²) in [7, 11) is 2.51. The van der Waals surface area contributed by atoms with Gasteiger partial charge in [-0.2, -0.15) is 0 Å². The molecule has 22 heavy (non-hydrogen) atoms. The largest absolute Gasteiger partial charge is 0.465 e. The molecule has 1 aromatic carbocycles. The molecule has 0 amide bonds. The van der Waals surface area contributed by atoms with Gasteiger partial charge in [-0.3, -0.25) is 0 Å². The highest BCUT2D eigenvalue weighted by Gasteiger charge is 2.23. The number of nitrogens with one attached hydrogen (secondary N) is 1. The van der Waals surface area contributed by atoms with Crippen molar-refractivity contribution in [2.45, 2.75) is 0 Å². The van der Waals surface area contributed by atoms with E-state index in [0.29, 0.717) is 21.9 Å². The Morgan fingerprint density at radius 2 is 1.68 bits per heavy atom. The van der Waals surface area contributed by atoms with Crippen LogP contribution in [0, 0.1) is 0 Å². The Hall–Kier alpha value is -3.16. The van der Waals surface area contributed by atoms with Crippen LogP contribution >= 0.6 is 0 Å². The van der Waals surface area contributed by atoms with Crippen LogP contribution in [-0.4, -0.2) is 31.1 Å². The summed E-state index contributed by atoms with van der Waals surface area (Å²) in [5.74, 6) is -1.07. The molecule has 0 saturated heterocycles. The van der Waals surface area contributed by atoms with E-state index in [-0.39, 0.29) is 22.8 Å². The quantitative estimate of drug-likeness (QED) is 0.613. The minimum atomic E-state index is -0.608. The molecule has 8 nitrogen and oxygen atoms in total. The Balaban J connectivity index is 2.36. The fraction of sp³-hybridized carbons (Fsp3) is 0.143. The van der Waals surface area contributed by atoms with Gasteiger partial charge in [-0.15, -0.1) is 0 Å². The number of anilines is 2. The summed E-state index contributed by atoms with van der Waals surface area (Å²) in [4.78, 5) is 26.5. The molecule has 0 saturated carbocycles. The maximum Gasteiger partial charge on any atom is 0.344 e. The third kappa shape index (κ3) is 1.77. The van der Waals surface area contributed by atoms with Crippen LogP contribution in [0.2, 0.25) is 0 Å². The van der Waals surface area contributed by atoms with Gasteiger partial charge in [0.15, 0.2) is 0 Å². The normalized spacial score (nSPS) is 11.0. The average molecular weight is 303 g/mol. The van der Waals surface area contributed by atoms with Crippen LogP contribution in [0.25, 0.3) is 21.9 Å². The topological polar surface area (TPSA) is 134 Å². The number of ether oxygens (including phenoxy) is 2. The van der Waals surface area contributed by atoms with Crippen molar-refractivity contribution in [1.29, 1.82) is 0 Å². The summed E-state index contributed by atoms with van der Waals surface area (Å²) in [6.45, 7) is 0. The fourth-order valence-electron chi connectivity index (χ4n) is 2.46. The first-order chi connectivity index (χ1) is 10.5. The summed E-state index contributed by atoms with van der Waals surface area (Å²) >= 11 is 0. The molecule has 0 bridgehead atoms. The number of rotatable bonds is 2. The Morgan fingerprint density at radius 3 is 2.32 bits per heavy atom. The van der Waals surface area contributed by atoms with E-state index in [1.807, 2.05) is 0 Å².